The average molecular weight is 254 g/mol. The van der Waals surface area contributed by atoms with Gasteiger partial charge in [0.1, 0.15) is 5.78 Å². The Kier molecular flexibility index (Phi) is 3.00. The van der Waals surface area contributed by atoms with Gasteiger partial charge in [0.2, 0.25) is 0 Å². The largest absolute Gasteiger partial charge is 0.381 e. The Labute approximate surface area is 108 Å². The molecular weight excluding hydrogens is 232 g/mol. The number of carbonyl (C=O) groups is 1. The fraction of sp³-hybridized carbons (Fsp3) is 0.929. The molecule has 3 fully saturated rings. The monoisotopic (exact) mass is 254 g/mol. The Hall–Kier alpha value is -0.450. The Morgan fingerprint density at radius 3 is 2.67 bits per heavy atom. The van der Waals surface area contributed by atoms with E-state index < -0.39 is 5.79 Å². The van der Waals surface area contributed by atoms with Crippen LogP contribution >= 0.6 is 0 Å². The first-order chi connectivity index (χ1) is 8.60. The SMILES string of the molecule is CO[C@H]1CCC(=O)[C@H]2CC3(CC[C@]12C)OCCO3. The number of hydrogen-bond acceptors (Lipinski definition) is 4. The summed E-state index contributed by atoms with van der Waals surface area (Å²) in [7, 11) is 1.76. The molecule has 2 saturated carbocycles. The maximum absolute atomic E-state index is 12.3. The molecule has 0 bridgehead atoms. The molecule has 0 aromatic heterocycles. The van der Waals surface area contributed by atoms with Gasteiger partial charge in [-0.05, 0) is 12.8 Å². The van der Waals surface area contributed by atoms with Crippen LogP contribution in [-0.4, -0.2) is 38.0 Å². The van der Waals surface area contributed by atoms with Crippen molar-refractivity contribution in [2.24, 2.45) is 11.3 Å². The van der Waals surface area contributed by atoms with Gasteiger partial charge in [0, 0.05) is 37.7 Å². The second kappa shape index (κ2) is 4.29. The molecule has 1 saturated heterocycles. The molecule has 0 unspecified atom stereocenters. The molecular formula is C14H22O4. The van der Waals surface area contributed by atoms with Crippen molar-refractivity contribution in [1.29, 1.82) is 0 Å². The van der Waals surface area contributed by atoms with Gasteiger partial charge in [-0.2, -0.15) is 0 Å². The maximum atomic E-state index is 12.3. The molecule has 0 amide bonds. The van der Waals surface area contributed by atoms with Gasteiger partial charge in [-0.3, -0.25) is 4.79 Å². The average Bonchev–Trinajstić information content (AvgIpc) is 2.81. The molecule has 1 aliphatic heterocycles. The number of Topliss-reactive ketones (excluding diaryl/α,β-unsaturated/α-hetero) is 1. The third-order valence-electron chi connectivity index (χ3n) is 5.23. The fourth-order valence-electron chi connectivity index (χ4n) is 4.07. The minimum Gasteiger partial charge on any atom is -0.381 e. The van der Waals surface area contributed by atoms with Crippen molar-refractivity contribution in [2.75, 3.05) is 20.3 Å². The molecule has 1 spiro atoms. The molecule has 3 atom stereocenters. The molecule has 102 valence electrons. The van der Waals surface area contributed by atoms with Gasteiger partial charge < -0.3 is 14.2 Å². The lowest BCUT2D eigenvalue weighted by Crippen LogP contribution is -2.55. The van der Waals surface area contributed by atoms with Crippen LogP contribution in [0.4, 0.5) is 0 Å². The zero-order valence-electron chi connectivity index (χ0n) is 11.2. The lowest BCUT2D eigenvalue weighted by Gasteiger charge is -2.52. The van der Waals surface area contributed by atoms with Crippen LogP contribution in [0.25, 0.3) is 0 Å². The third-order valence-corrected chi connectivity index (χ3v) is 5.23. The van der Waals surface area contributed by atoms with Crippen LogP contribution in [-0.2, 0) is 19.0 Å². The number of rotatable bonds is 1. The molecule has 0 aromatic rings. The molecule has 1 heterocycles. The second-order valence-corrected chi connectivity index (χ2v) is 6.10. The van der Waals surface area contributed by atoms with Gasteiger partial charge in [0.15, 0.2) is 5.79 Å². The van der Waals surface area contributed by atoms with Crippen molar-refractivity contribution in [3.63, 3.8) is 0 Å². The summed E-state index contributed by atoms with van der Waals surface area (Å²) in [6.07, 6.45) is 4.22. The normalized spacial score (nSPS) is 43.1. The van der Waals surface area contributed by atoms with Crippen molar-refractivity contribution in [2.45, 2.75) is 50.9 Å². The van der Waals surface area contributed by atoms with Crippen LogP contribution in [0.1, 0.15) is 39.0 Å². The summed E-state index contributed by atoms with van der Waals surface area (Å²) in [6, 6.07) is 0. The van der Waals surface area contributed by atoms with E-state index in [1.807, 2.05) is 0 Å². The first-order valence-corrected chi connectivity index (χ1v) is 6.93. The molecule has 18 heavy (non-hydrogen) atoms. The summed E-state index contributed by atoms with van der Waals surface area (Å²) in [5, 5.41) is 0. The first-order valence-electron chi connectivity index (χ1n) is 6.93. The third kappa shape index (κ3) is 1.74. The molecule has 2 aliphatic carbocycles. The van der Waals surface area contributed by atoms with Crippen LogP contribution in [0, 0.1) is 11.3 Å². The maximum Gasteiger partial charge on any atom is 0.169 e. The zero-order chi connectivity index (χ0) is 12.8. The number of ketones is 1. The fourth-order valence-corrected chi connectivity index (χ4v) is 4.07. The Morgan fingerprint density at radius 2 is 2.00 bits per heavy atom. The van der Waals surface area contributed by atoms with Gasteiger partial charge in [-0.15, -0.1) is 0 Å². The molecule has 4 heteroatoms. The lowest BCUT2D eigenvalue weighted by atomic mass is 9.57. The highest BCUT2D eigenvalue weighted by atomic mass is 16.7. The van der Waals surface area contributed by atoms with Crippen molar-refractivity contribution in [3.05, 3.63) is 0 Å². The minimum atomic E-state index is -0.477. The summed E-state index contributed by atoms with van der Waals surface area (Å²) in [5.41, 5.74) is -0.0371. The van der Waals surface area contributed by atoms with E-state index in [0.29, 0.717) is 31.8 Å². The topological polar surface area (TPSA) is 44.8 Å². The summed E-state index contributed by atoms with van der Waals surface area (Å²) in [6.45, 7) is 3.52. The molecule has 0 aromatic carbocycles. The highest BCUT2D eigenvalue weighted by Gasteiger charge is 2.56. The number of methoxy groups -OCH3 is 1. The van der Waals surface area contributed by atoms with Gasteiger partial charge in [-0.25, -0.2) is 0 Å². The summed E-state index contributed by atoms with van der Waals surface area (Å²) in [5.74, 6) is -0.0813. The van der Waals surface area contributed by atoms with Crippen molar-refractivity contribution in [3.8, 4) is 0 Å². The van der Waals surface area contributed by atoms with E-state index in [9.17, 15) is 4.79 Å². The van der Waals surface area contributed by atoms with Crippen LogP contribution in [0.3, 0.4) is 0 Å². The number of ether oxygens (including phenoxy) is 3. The van der Waals surface area contributed by atoms with E-state index in [0.717, 1.165) is 19.3 Å². The highest BCUT2D eigenvalue weighted by Crippen LogP contribution is 2.54. The van der Waals surface area contributed by atoms with E-state index in [-0.39, 0.29) is 17.4 Å². The predicted molar refractivity (Wildman–Crippen MR) is 65.1 cm³/mol. The summed E-state index contributed by atoms with van der Waals surface area (Å²) < 4.78 is 17.2. The van der Waals surface area contributed by atoms with E-state index in [1.165, 1.54) is 0 Å². The molecule has 0 radical (unpaired) electrons. The van der Waals surface area contributed by atoms with Crippen molar-refractivity contribution in [1.82, 2.24) is 0 Å². The van der Waals surface area contributed by atoms with Crippen LogP contribution in [0.15, 0.2) is 0 Å². The van der Waals surface area contributed by atoms with E-state index in [4.69, 9.17) is 14.2 Å². The summed E-state index contributed by atoms with van der Waals surface area (Å²) >= 11 is 0. The molecule has 4 nitrogen and oxygen atoms in total. The Balaban J connectivity index is 1.86. The Bertz CT molecular complexity index is 348. The summed E-state index contributed by atoms with van der Waals surface area (Å²) in [4.78, 5) is 12.3. The van der Waals surface area contributed by atoms with Crippen LogP contribution in [0.2, 0.25) is 0 Å². The molecule has 3 rings (SSSR count). The second-order valence-electron chi connectivity index (χ2n) is 6.10. The van der Waals surface area contributed by atoms with Crippen molar-refractivity contribution >= 4 is 5.78 Å². The molecule has 3 aliphatic rings. The minimum absolute atomic E-state index is 0.0306. The van der Waals surface area contributed by atoms with Crippen LogP contribution < -0.4 is 0 Å². The van der Waals surface area contributed by atoms with E-state index in [1.54, 1.807) is 7.11 Å². The number of fused-ring (bicyclic) bond motifs is 1. The van der Waals surface area contributed by atoms with Crippen LogP contribution in [0.5, 0.6) is 0 Å². The smallest absolute Gasteiger partial charge is 0.169 e. The number of hydrogen-bond donors (Lipinski definition) is 0. The standard InChI is InChI=1S/C14H22O4/c1-13-5-6-14(17-7-8-18-14)9-10(13)11(15)3-4-12(13)16-2/h10,12H,3-9H2,1-2H3/t10-,12+,13+/m1/s1. The van der Waals surface area contributed by atoms with E-state index >= 15 is 0 Å². The van der Waals surface area contributed by atoms with Gasteiger partial charge in [-0.1, -0.05) is 6.92 Å². The quantitative estimate of drug-likeness (QED) is 0.717. The highest BCUT2D eigenvalue weighted by molar-refractivity contribution is 5.83. The predicted octanol–water partition coefficient (Wildman–Crippen LogP) is 1.91. The van der Waals surface area contributed by atoms with Crippen molar-refractivity contribution < 1.29 is 19.0 Å². The molecule has 0 N–H and O–H groups in total. The lowest BCUT2D eigenvalue weighted by molar-refractivity contribution is -0.223. The van der Waals surface area contributed by atoms with Gasteiger partial charge >= 0.3 is 0 Å². The zero-order valence-corrected chi connectivity index (χ0v) is 11.2. The first kappa shape index (κ1) is 12.6. The van der Waals surface area contributed by atoms with Gasteiger partial charge in [0.05, 0.1) is 19.3 Å². The van der Waals surface area contributed by atoms with E-state index in [2.05, 4.69) is 6.92 Å². The Morgan fingerprint density at radius 1 is 1.28 bits per heavy atom. The van der Waals surface area contributed by atoms with Gasteiger partial charge in [0.25, 0.3) is 0 Å². The number of carbonyl (C=O) groups excluding carboxylic acids is 1.